The highest BCUT2D eigenvalue weighted by Gasteiger charge is 2.14. The van der Waals surface area contributed by atoms with E-state index in [1.54, 1.807) is 18.2 Å². The maximum Gasteiger partial charge on any atom is 0.319 e. The van der Waals surface area contributed by atoms with E-state index in [0.29, 0.717) is 11.3 Å². The van der Waals surface area contributed by atoms with Gasteiger partial charge in [0.25, 0.3) is 0 Å². The van der Waals surface area contributed by atoms with Gasteiger partial charge >= 0.3 is 12.0 Å². The molecule has 0 bridgehead atoms. The van der Waals surface area contributed by atoms with Gasteiger partial charge in [-0.25, -0.2) is 4.79 Å². The molecule has 0 saturated heterocycles. The molecule has 7 nitrogen and oxygen atoms in total. The summed E-state index contributed by atoms with van der Waals surface area (Å²) in [6.45, 7) is 0.0487. The van der Waals surface area contributed by atoms with Crippen LogP contribution in [0, 0.1) is 11.3 Å². The third-order valence-corrected chi connectivity index (χ3v) is 3.07. The molecule has 1 rings (SSSR count). The van der Waals surface area contributed by atoms with E-state index in [9.17, 15) is 9.59 Å². The Bertz CT molecular complexity index is 571. The quantitative estimate of drug-likeness (QED) is 0.721. The minimum Gasteiger partial charge on any atom is -0.481 e. The number of anilines is 1. The van der Waals surface area contributed by atoms with E-state index in [1.807, 2.05) is 6.07 Å². The van der Waals surface area contributed by atoms with Crippen molar-refractivity contribution < 1.29 is 19.4 Å². The van der Waals surface area contributed by atoms with Crippen molar-refractivity contribution in [3.8, 4) is 6.07 Å². The molecule has 8 heteroatoms. The zero-order valence-electron chi connectivity index (χ0n) is 11.2. The van der Waals surface area contributed by atoms with Crippen molar-refractivity contribution in [3.05, 3.63) is 28.2 Å². The normalized spacial score (nSPS) is 11.3. The molecule has 21 heavy (non-hydrogen) atoms. The van der Waals surface area contributed by atoms with Crippen LogP contribution < -0.4 is 10.6 Å². The number of hydrogen-bond acceptors (Lipinski definition) is 4. The number of carbonyl (C=O) groups excluding carboxylic acids is 1. The zero-order valence-corrected chi connectivity index (χ0v) is 12.8. The third-order valence-electron chi connectivity index (χ3n) is 2.58. The van der Waals surface area contributed by atoms with Crippen molar-refractivity contribution in [3.63, 3.8) is 0 Å². The lowest BCUT2D eigenvalue weighted by Crippen LogP contribution is -2.37. The number of amides is 2. The molecule has 112 valence electrons. The van der Waals surface area contributed by atoms with E-state index in [-0.39, 0.29) is 13.0 Å². The third kappa shape index (κ3) is 5.81. The number of carbonyl (C=O) groups is 2. The fourth-order valence-corrected chi connectivity index (χ4v) is 1.89. The largest absolute Gasteiger partial charge is 0.481 e. The first-order valence-electron chi connectivity index (χ1n) is 5.95. The average Bonchev–Trinajstić information content (AvgIpc) is 2.44. The molecule has 0 saturated carbocycles. The van der Waals surface area contributed by atoms with Crippen LogP contribution in [0.5, 0.6) is 0 Å². The molecule has 1 unspecified atom stereocenters. The van der Waals surface area contributed by atoms with Crippen LogP contribution >= 0.6 is 15.9 Å². The van der Waals surface area contributed by atoms with Crippen LogP contribution in [0.25, 0.3) is 0 Å². The van der Waals surface area contributed by atoms with E-state index in [4.69, 9.17) is 15.1 Å². The second-order valence-corrected chi connectivity index (χ2v) is 5.01. The summed E-state index contributed by atoms with van der Waals surface area (Å²) in [6.07, 6.45) is -0.827. The standard InChI is InChI=1S/C13H14BrN3O4/c1-21-10(5-12(18)19)7-16-13(20)17-11-3-2-9(14)4-8(11)6-15/h2-4,10H,5,7H2,1H3,(H,18,19)(H2,16,17,20). The van der Waals surface area contributed by atoms with Crippen LogP contribution in [0.15, 0.2) is 22.7 Å². The van der Waals surface area contributed by atoms with Gasteiger partial charge in [-0.05, 0) is 18.2 Å². The number of benzene rings is 1. The first kappa shape index (κ1) is 16.9. The Kier molecular flexibility index (Phi) is 6.65. The van der Waals surface area contributed by atoms with Crippen molar-refractivity contribution >= 4 is 33.6 Å². The van der Waals surface area contributed by atoms with Crippen molar-refractivity contribution in [2.75, 3.05) is 19.0 Å². The van der Waals surface area contributed by atoms with Gasteiger partial charge in [-0.15, -0.1) is 0 Å². The average molecular weight is 356 g/mol. The SMILES string of the molecule is COC(CNC(=O)Nc1ccc(Br)cc1C#N)CC(=O)O. The lowest BCUT2D eigenvalue weighted by molar-refractivity contribution is -0.139. The van der Waals surface area contributed by atoms with E-state index < -0.39 is 18.1 Å². The summed E-state index contributed by atoms with van der Waals surface area (Å²) >= 11 is 3.23. The van der Waals surface area contributed by atoms with Crippen LogP contribution in [-0.2, 0) is 9.53 Å². The molecule has 0 aromatic heterocycles. The van der Waals surface area contributed by atoms with Crippen LogP contribution in [0.4, 0.5) is 10.5 Å². The predicted octanol–water partition coefficient (Wildman–Crippen LogP) is 1.93. The van der Waals surface area contributed by atoms with Gasteiger partial charge in [-0.1, -0.05) is 15.9 Å². The lowest BCUT2D eigenvalue weighted by Gasteiger charge is -2.14. The van der Waals surface area contributed by atoms with E-state index in [0.717, 1.165) is 4.47 Å². The maximum atomic E-state index is 11.7. The fraction of sp³-hybridized carbons (Fsp3) is 0.308. The number of urea groups is 1. The maximum absolute atomic E-state index is 11.7. The van der Waals surface area contributed by atoms with Gasteiger partial charge in [0.15, 0.2) is 0 Å². The Morgan fingerprint density at radius 1 is 1.52 bits per heavy atom. The summed E-state index contributed by atoms with van der Waals surface area (Å²) in [5, 5.41) is 22.7. The van der Waals surface area contributed by atoms with Crippen LogP contribution in [0.2, 0.25) is 0 Å². The van der Waals surface area contributed by atoms with E-state index >= 15 is 0 Å². The number of carboxylic acid groups (broad SMARTS) is 1. The van der Waals surface area contributed by atoms with Gasteiger partial charge in [0.1, 0.15) is 6.07 Å². The number of carboxylic acids is 1. The smallest absolute Gasteiger partial charge is 0.319 e. The monoisotopic (exact) mass is 355 g/mol. The van der Waals surface area contributed by atoms with Gasteiger partial charge < -0.3 is 20.5 Å². The van der Waals surface area contributed by atoms with Gasteiger partial charge in [0.2, 0.25) is 0 Å². The highest BCUT2D eigenvalue weighted by atomic mass is 79.9. The minimum atomic E-state index is -1.01. The molecule has 0 spiro atoms. The molecule has 1 aromatic rings. The Morgan fingerprint density at radius 3 is 2.81 bits per heavy atom. The summed E-state index contributed by atoms with van der Waals surface area (Å²) in [5.41, 5.74) is 0.679. The molecule has 0 heterocycles. The minimum absolute atomic E-state index is 0.0487. The lowest BCUT2D eigenvalue weighted by atomic mass is 10.2. The molecule has 0 aliphatic heterocycles. The number of hydrogen-bond donors (Lipinski definition) is 3. The van der Waals surface area contributed by atoms with Crippen LogP contribution in [0.1, 0.15) is 12.0 Å². The molecule has 1 aromatic carbocycles. The second-order valence-electron chi connectivity index (χ2n) is 4.09. The van der Waals surface area contributed by atoms with E-state index in [2.05, 4.69) is 26.6 Å². The molecular weight excluding hydrogens is 342 g/mol. The summed E-state index contributed by atoms with van der Waals surface area (Å²) in [7, 11) is 1.37. The van der Waals surface area contributed by atoms with Crippen molar-refractivity contribution in [1.82, 2.24) is 5.32 Å². The first-order valence-corrected chi connectivity index (χ1v) is 6.74. The summed E-state index contributed by atoms with van der Waals surface area (Å²) in [6, 6.07) is 6.29. The Morgan fingerprint density at radius 2 is 2.24 bits per heavy atom. The molecule has 3 N–H and O–H groups in total. The number of rotatable bonds is 6. The first-order chi connectivity index (χ1) is 9.96. The number of nitrogens with one attached hydrogen (secondary N) is 2. The number of halogens is 1. The Labute approximate surface area is 130 Å². The zero-order chi connectivity index (χ0) is 15.8. The molecular formula is C13H14BrN3O4. The molecule has 0 aliphatic carbocycles. The summed E-state index contributed by atoms with van der Waals surface area (Å²) in [4.78, 5) is 22.3. The highest BCUT2D eigenvalue weighted by Crippen LogP contribution is 2.20. The topological polar surface area (TPSA) is 111 Å². The molecule has 1 atom stereocenters. The van der Waals surface area contributed by atoms with Crippen molar-refractivity contribution in [2.45, 2.75) is 12.5 Å². The van der Waals surface area contributed by atoms with Crippen molar-refractivity contribution in [1.29, 1.82) is 5.26 Å². The highest BCUT2D eigenvalue weighted by molar-refractivity contribution is 9.10. The molecule has 2 amide bonds. The molecule has 0 fully saturated rings. The second kappa shape index (κ2) is 8.24. The number of methoxy groups -OCH3 is 1. The van der Waals surface area contributed by atoms with Crippen molar-refractivity contribution in [2.24, 2.45) is 0 Å². The van der Waals surface area contributed by atoms with Gasteiger partial charge in [0.05, 0.1) is 23.8 Å². The summed E-state index contributed by atoms with van der Waals surface area (Å²) in [5.74, 6) is -1.01. The molecule has 0 radical (unpaired) electrons. The van der Waals surface area contributed by atoms with Crippen LogP contribution in [0.3, 0.4) is 0 Å². The van der Waals surface area contributed by atoms with Crippen LogP contribution in [-0.4, -0.2) is 36.9 Å². The molecule has 0 aliphatic rings. The number of aliphatic carboxylic acids is 1. The van der Waals surface area contributed by atoms with Gasteiger partial charge in [-0.2, -0.15) is 5.26 Å². The van der Waals surface area contributed by atoms with E-state index in [1.165, 1.54) is 7.11 Å². The summed E-state index contributed by atoms with van der Waals surface area (Å²) < 4.78 is 5.67. The number of ether oxygens (including phenoxy) is 1. The fourth-order valence-electron chi connectivity index (χ4n) is 1.52. The van der Waals surface area contributed by atoms with Gasteiger partial charge in [-0.3, -0.25) is 4.79 Å². The number of nitrogens with zero attached hydrogens (tertiary/aromatic N) is 1. The Hall–Kier alpha value is -2.11. The van der Waals surface area contributed by atoms with Gasteiger partial charge in [0, 0.05) is 18.1 Å². The predicted molar refractivity (Wildman–Crippen MR) is 78.9 cm³/mol. The Balaban J connectivity index is 2.58. The number of nitriles is 1.